The van der Waals surface area contributed by atoms with Gasteiger partial charge in [-0.15, -0.1) is 0 Å². The van der Waals surface area contributed by atoms with Gasteiger partial charge in [0.1, 0.15) is 5.84 Å². The maximum Gasteiger partial charge on any atom is 0.287 e. The van der Waals surface area contributed by atoms with Crippen molar-refractivity contribution in [3.05, 3.63) is 44.0 Å². The lowest BCUT2D eigenvalue weighted by atomic mass is 10.1. The summed E-state index contributed by atoms with van der Waals surface area (Å²) in [4.78, 5) is 24.4. The molecule has 0 amide bonds. The number of nitro benzene ring substituents is 2. The van der Waals surface area contributed by atoms with Gasteiger partial charge in [-0.1, -0.05) is 0 Å². The van der Waals surface area contributed by atoms with Crippen molar-refractivity contribution in [3.63, 3.8) is 0 Å². The van der Waals surface area contributed by atoms with E-state index in [4.69, 9.17) is 0 Å². The second-order valence-electron chi connectivity index (χ2n) is 3.95. The van der Waals surface area contributed by atoms with Gasteiger partial charge >= 0.3 is 0 Å². The normalized spacial score (nSPS) is 18.1. The van der Waals surface area contributed by atoms with Crippen LogP contribution in [0, 0.1) is 20.2 Å². The molecular formula is C10H10N4O4. The molecule has 0 saturated carbocycles. The summed E-state index contributed by atoms with van der Waals surface area (Å²) in [5.74, 6) is 0.407. The van der Waals surface area contributed by atoms with Gasteiger partial charge in [-0.05, 0) is 13.0 Å². The third kappa shape index (κ3) is 2.12. The lowest BCUT2D eigenvalue weighted by molar-refractivity contribution is -0.394. The number of nitrogens with one attached hydrogen (secondary N) is 1. The summed E-state index contributed by atoms with van der Waals surface area (Å²) < 4.78 is 0. The van der Waals surface area contributed by atoms with E-state index < -0.39 is 9.85 Å². The summed E-state index contributed by atoms with van der Waals surface area (Å²) >= 11 is 0. The Kier molecular flexibility index (Phi) is 2.92. The van der Waals surface area contributed by atoms with Crippen LogP contribution in [0.15, 0.2) is 23.2 Å². The van der Waals surface area contributed by atoms with Gasteiger partial charge in [0.25, 0.3) is 11.4 Å². The van der Waals surface area contributed by atoms with Crippen LogP contribution >= 0.6 is 0 Å². The van der Waals surface area contributed by atoms with Gasteiger partial charge in [0.2, 0.25) is 0 Å². The fraction of sp³-hybridized carbons (Fsp3) is 0.300. The van der Waals surface area contributed by atoms with Crippen molar-refractivity contribution in [1.82, 2.24) is 5.32 Å². The summed E-state index contributed by atoms with van der Waals surface area (Å²) in [6.07, 6.45) is 0. The lowest BCUT2D eigenvalue weighted by Gasteiger charge is -2.06. The van der Waals surface area contributed by atoms with E-state index >= 15 is 0 Å². The number of amidine groups is 1. The average Bonchev–Trinajstić information content (AvgIpc) is 2.74. The number of hydrogen-bond acceptors (Lipinski definition) is 6. The molecule has 1 N–H and O–H groups in total. The molecule has 1 aromatic carbocycles. The van der Waals surface area contributed by atoms with E-state index in [1.54, 1.807) is 0 Å². The van der Waals surface area contributed by atoms with Crippen LogP contribution in [0.25, 0.3) is 0 Å². The summed E-state index contributed by atoms with van der Waals surface area (Å²) in [6.45, 7) is 2.43. The maximum absolute atomic E-state index is 10.9. The number of non-ortho nitro benzene ring substituents is 1. The summed E-state index contributed by atoms with van der Waals surface area (Å²) in [5.41, 5.74) is -0.350. The van der Waals surface area contributed by atoms with Crippen molar-refractivity contribution in [3.8, 4) is 0 Å². The first-order chi connectivity index (χ1) is 8.49. The predicted molar refractivity (Wildman–Crippen MR) is 63.8 cm³/mol. The zero-order chi connectivity index (χ0) is 13.3. The number of nitro groups is 2. The molecule has 0 aliphatic carbocycles. The smallest absolute Gasteiger partial charge is 0.287 e. The summed E-state index contributed by atoms with van der Waals surface area (Å²) in [6, 6.07) is 3.63. The van der Waals surface area contributed by atoms with Crippen molar-refractivity contribution in [2.24, 2.45) is 4.99 Å². The van der Waals surface area contributed by atoms with Gasteiger partial charge in [0.05, 0.1) is 28.0 Å². The quantitative estimate of drug-likeness (QED) is 0.640. The molecule has 1 unspecified atom stereocenters. The Hall–Kier alpha value is -2.51. The van der Waals surface area contributed by atoms with Crippen molar-refractivity contribution in [1.29, 1.82) is 0 Å². The van der Waals surface area contributed by atoms with Crippen LogP contribution in [0.1, 0.15) is 12.5 Å². The van der Waals surface area contributed by atoms with Crippen LogP contribution in [-0.2, 0) is 0 Å². The number of rotatable bonds is 3. The zero-order valence-corrected chi connectivity index (χ0v) is 9.49. The number of hydrogen-bond donors (Lipinski definition) is 1. The highest BCUT2D eigenvalue weighted by Crippen LogP contribution is 2.25. The number of nitrogens with zero attached hydrogens (tertiary/aromatic N) is 3. The average molecular weight is 250 g/mol. The molecule has 94 valence electrons. The largest absolute Gasteiger partial charge is 0.365 e. The predicted octanol–water partition coefficient (Wildman–Crippen LogP) is 1.24. The molecule has 8 heteroatoms. The molecule has 0 fully saturated rings. The second-order valence-corrected chi connectivity index (χ2v) is 3.95. The third-order valence-corrected chi connectivity index (χ3v) is 2.55. The Morgan fingerprint density at radius 1 is 1.33 bits per heavy atom. The van der Waals surface area contributed by atoms with E-state index in [-0.39, 0.29) is 23.0 Å². The first kappa shape index (κ1) is 12.0. The highest BCUT2D eigenvalue weighted by Gasteiger charge is 2.25. The Labute approximate surface area is 102 Å². The molecule has 18 heavy (non-hydrogen) atoms. The molecule has 1 heterocycles. The standard InChI is InChI=1S/C10H10N4O4/c1-6-5-11-10(12-6)8-3-2-7(13(15)16)4-9(8)14(17)18/h2-4,6H,5H2,1H3,(H,11,12). The van der Waals surface area contributed by atoms with Crippen LogP contribution in [-0.4, -0.2) is 28.3 Å². The topological polar surface area (TPSA) is 111 Å². The van der Waals surface area contributed by atoms with Gasteiger partial charge in [-0.2, -0.15) is 0 Å². The molecule has 8 nitrogen and oxygen atoms in total. The van der Waals surface area contributed by atoms with Gasteiger partial charge in [-0.3, -0.25) is 25.2 Å². The molecule has 0 radical (unpaired) electrons. The molecule has 0 bridgehead atoms. The van der Waals surface area contributed by atoms with Gasteiger partial charge in [0, 0.05) is 12.1 Å². The molecule has 1 aliphatic rings. The first-order valence-corrected chi connectivity index (χ1v) is 5.23. The maximum atomic E-state index is 10.9. The molecule has 0 saturated heterocycles. The van der Waals surface area contributed by atoms with Crippen molar-refractivity contribution >= 4 is 17.2 Å². The second kappa shape index (κ2) is 4.40. The van der Waals surface area contributed by atoms with Crippen molar-refractivity contribution in [2.75, 3.05) is 6.54 Å². The van der Waals surface area contributed by atoms with Gasteiger partial charge in [-0.25, -0.2) is 0 Å². The fourth-order valence-electron chi connectivity index (χ4n) is 1.70. The van der Waals surface area contributed by atoms with E-state index in [1.807, 2.05) is 6.92 Å². The van der Waals surface area contributed by atoms with Crippen LogP contribution in [0.3, 0.4) is 0 Å². The van der Waals surface area contributed by atoms with E-state index in [0.29, 0.717) is 12.4 Å². The van der Waals surface area contributed by atoms with Crippen LogP contribution in [0.2, 0.25) is 0 Å². The third-order valence-electron chi connectivity index (χ3n) is 2.55. The zero-order valence-electron chi connectivity index (χ0n) is 9.49. The van der Waals surface area contributed by atoms with Crippen LogP contribution < -0.4 is 5.32 Å². The number of benzene rings is 1. The van der Waals surface area contributed by atoms with Gasteiger partial charge < -0.3 is 5.32 Å². The van der Waals surface area contributed by atoms with E-state index in [0.717, 1.165) is 6.07 Å². The lowest BCUT2D eigenvalue weighted by Crippen LogP contribution is -2.28. The van der Waals surface area contributed by atoms with E-state index in [9.17, 15) is 20.2 Å². The van der Waals surface area contributed by atoms with Gasteiger partial charge in [0.15, 0.2) is 0 Å². The highest BCUT2D eigenvalue weighted by atomic mass is 16.6. The minimum absolute atomic E-state index is 0.106. The molecule has 0 spiro atoms. The summed E-state index contributed by atoms with van der Waals surface area (Å²) in [7, 11) is 0. The number of aliphatic imine (C=N–C) groups is 1. The molecule has 0 aromatic heterocycles. The highest BCUT2D eigenvalue weighted by molar-refractivity contribution is 6.03. The molecular weight excluding hydrogens is 240 g/mol. The Morgan fingerprint density at radius 2 is 2.06 bits per heavy atom. The monoisotopic (exact) mass is 250 g/mol. The van der Waals surface area contributed by atoms with Crippen LogP contribution in [0.5, 0.6) is 0 Å². The summed E-state index contributed by atoms with van der Waals surface area (Å²) in [5, 5.41) is 24.5. The SMILES string of the molecule is CC1CN=C(c2ccc([N+](=O)[O-])cc2[N+](=O)[O-])N1. The fourth-order valence-corrected chi connectivity index (χ4v) is 1.70. The van der Waals surface area contributed by atoms with Crippen molar-refractivity contribution in [2.45, 2.75) is 13.0 Å². The Bertz CT molecular complexity index is 555. The minimum atomic E-state index is -0.663. The van der Waals surface area contributed by atoms with Crippen LogP contribution in [0.4, 0.5) is 11.4 Å². The van der Waals surface area contributed by atoms with E-state index in [1.165, 1.54) is 12.1 Å². The molecule has 1 aromatic rings. The molecule has 2 rings (SSSR count). The molecule has 1 atom stereocenters. The molecule has 1 aliphatic heterocycles. The Morgan fingerprint density at radius 3 is 2.56 bits per heavy atom. The van der Waals surface area contributed by atoms with Crippen molar-refractivity contribution < 1.29 is 9.85 Å². The Balaban J connectivity index is 2.48. The first-order valence-electron chi connectivity index (χ1n) is 5.23. The van der Waals surface area contributed by atoms with E-state index in [2.05, 4.69) is 10.3 Å². The minimum Gasteiger partial charge on any atom is -0.365 e.